The minimum atomic E-state index is -0.388. The molecule has 1 aliphatic rings. The maximum absolute atomic E-state index is 12.0. The third-order valence-electron chi connectivity index (χ3n) is 5.73. The molecule has 0 aliphatic carbocycles. The maximum atomic E-state index is 12.0. The second-order valence-corrected chi connectivity index (χ2v) is 7.41. The lowest BCUT2D eigenvalue weighted by Gasteiger charge is -2.42. The molecule has 1 atom stereocenters. The Bertz CT molecular complexity index is 687. The number of benzene rings is 2. The zero-order valence-electron chi connectivity index (χ0n) is 17.0. The van der Waals surface area contributed by atoms with E-state index in [1.54, 1.807) is 0 Å². The summed E-state index contributed by atoms with van der Waals surface area (Å²) in [6.07, 6.45) is 1.41. The average molecular weight is 382 g/mol. The van der Waals surface area contributed by atoms with Gasteiger partial charge in [0, 0.05) is 20.0 Å². The van der Waals surface area contributed by atoms with Crippen LogP contribution < -0.4 is 0 Å². The number of esters is 1. The zero-order chi connectivity index (χ0) is 19.8. The number of hydrogen-bond donors (Lipinski definition) is 0. The maximum Gasteiger partial charge on any atom is 0.302 e. The Hall–Kier alpha value is -2.17. The van der Waals surface area contributed by atoms with Gasteiger partial charge in [-0.2, -0.15) is 0 Å². The highest BCUT2D eigenvalue weighted by Gasteiger charge is 2.43. The van der Waals surface area contributed by atoms with Crippen LogP contribution in [0.3, 0.4) is 0 Å². The number of morpholine rings is 1. The molecule has 2 aromatic rings. The molecular weight excluding hydrogens is 350 g/mol. The molecule has 0 amide bonds. The first-order chi connectivity index (χ1) is 13.7. The highest BCUT2D eigenvalue weighted by atomic mass is 16.5. The first-order valence-corrected chi connectivity index (χ1v) is 10.2. The van der Waals surface area contributed by atoms with E-state index in [1.807, 2.05) is 12.1 Å². The van der Waals surface area contributed by atoms with E-state index < -0.39 is 0 Å². The predicted octanol–water partition coefficient (Wildman–Crippen LogP) is 4.04. The topological polar surface area (TPSA) is 38.8 Å². The van der Waals surface area contributed by atoms with Crippen LogP contribution in [0.4, 0.5) is 0 Å². The summed E-state index contributed by atoms with van der Waals surface area (Å²) >= 11 is 0. The van der Waals surface area contributed by atoms with Gasteiger partial charge in [0.15, 0.2) is 0 Å². The largest absolute Gasteiger partial charge is 0.461 e. The molecule has 3 rings (SSSR count). The van der Waals surface area contributed by atoms with Gasteiger partial charge < -0.3 is 9.47 Å². The van der Waals surface area contributed by atoms with Crippen LogP contribution in [-0.4, -0.2) is 49.8 Å². The summed E-state index contributed by atoms with van der Waals surface area (Å²) in [6.45, 7) is 8.00. The molecule has 150 valence electrons. The first kappa shape index (κ1) is 20.6. The zero-order valence-corrected chi connectivity index (χ0v) is 17.0. The van der Waals surface area contributed by atoms with Crippen molar-refractivity contribution in [2.45, 2.75) is 38.2 Å². The summed E-state index contributed by atoms with van der Waals surface area (Å²) in [5.74, 6) is -0.227. The van der Waals surface area contributed by atoms with Crippen LogP contribution in [0.15, 0.2) is 60.7 Å². The molecule has 4 nitrogen and oxygen atoms in total. The Kier molecular flexibility index (Phi) is 7.24. The predicted molar refractivity (Wildman–Crippen MR) is 111 cm³/mol. The summed E-state index contributed by atoms with van der Waals surface area (Å²) in [5, 5.41) is 0. The van der Waals surface area contributed by atoms with Crippen molar-refractivity contribution in [1.82, 2.24) is 4.90 Å². The van der Waals surface area contributed by atoms with Crippen LogP contribution in [0.25, 0.3) is 0 Å². The summed E-state index contributed by atoms with van der Waals surface area (Å²) in [7, 11) is 0. The van der Waals surface area contributed by atoms with E-state index in [1.165, 1.54) is 18.1 Å². The number of carbonyl (C=O) groups excluding carboxylic acids is 1. The van der Waals surface area contributed by atoms with E-state index in [2.05, 4.69) is 60.4 Å². The Balaban J connectivity index is 2.06. The van der Waals surface area contributed by atoms with Crippen molar-refractivity contribution in [2.75, 3.05) is 32.8 Å². The van der Waals surface area contributed by atoms with Gasteiger partial charge >= 0.3 is 5.97 Å². The third kappa shape index (κ3) is 4.62. The second-order valence-electron chi connectivity index (χ2n) is 7.41. The number of ether oxygens (including phenoxy) is 2. The Morgan fingerprint density at radius 2 is 1.57 bits per heavy atom. The van der Waals surface area contributed by atoms with Gasteiger partial charge in [-0.25, -0.2) is 0 Å². The highest BCUT2D eigenvalue weighted by Crippen LogP contribution is 2.42. The van der Waals surface area contributed by atoms with Gasteiger partial charge in [0.1, 0.15) is 6.10 Å². The van der Waals surface area contributed by atoms with Gasteiger partial charge in [0.25, 0.3) is 0 Å². The third-order valence-corrected chi connectivity index (χ3v) is 5.73. The van der Waals surface area contributed by atoms with Crippen LogP contribution in [-0.2, 0) is 19.7 Å². The number of rotatable bonds is 8. The van der Waals surface area contributed by atoms with Gasteiger partial charge in [-0.3, -0.25) is 9.69 Å². The van der Waals surface area contributed by atoms with Gasteiger partial charge in [-0.1, -0.05) is 67.6 Å². The van der Waals surface area contributed by atoms with Crippen molar-refractivity contribution in [2.24, 2.45) is 0 Å². The van der Waals surface area contributed by atoms with E-state index in [-0.39, 0.29) is 17.5 Å². The van der Waals surface area contributed by atoms with E-state index in [0.29, 0.717) is 0 Å². The molecule has 0 saturated carbocycles. The van der Waals surface area contributed by atoms with Gasteiger partial charge in [-0.15, -0.1) is 0 Å². The lowest BCUT2D eigenvalue weighted by atomic mass is 9.67. The molecule has 0 N–H and O–H groups in total. The lowest BCUT2D eigenvalue weighted by molar-refractivity contribution is -0.149. The second kappa shape index (κ2) is 9.85. The number of nitrogens with zero attached hydrogens (tertiary/aromatic N) is 1. The lowest BCUT2D eigenvalue weighted by Crippen LogP contribution is -2.47. The fraction of sp³-hybridized carbons (Fsp3) is 0.458. The van der Waals surface area contributed by atoms with Crippen LogP contribution in [0, 0.1) is 0 Å². The van der Waals surface area contributed by atoms with Crippen molar-refractivity contribution in [3.63, 3.8) is 0 Å². The average Bonchev–Trinajstić information content (AvgIpc) is 2.75. The van der Waals surface area contributed by atoms with E-state index in [4.69, 9.17) is 9.47 Å². The van der Waals surface area contributed by atoms with Crippen LogP contribution in [0.5, 0.6) is 0 Å². The minimum absolute atomic E-state index is 0.226. The smallest absolute Gasteiger partial charge is 0.302 e. The SMILES string of the molecule is CCC(OC(C)=O)C(CCN1CCOCC1)(c1ccccc1)c1ccccc1. The van der Waals surface area contributed by atoms with Crippen molar-refractivity contribution in [1.29, 1.82) is 0 Å². The number of carbonyl (C=O) groups is 1. The molecule has 1 heterocycles. The van der Waals surface area contributed by atoms with Crippen molar-refractivity contribution in [3.05, 3.63) is 71.8 Å². The summed E-state index contributed by atoms with van der Waals surface area (Å²) < 4.78 is 11.4. The molecule has 0 bridgehead atoms. The fourth-order valence-electron chi connectivity index (χ4n) is 4.35. The Morgan fingerprint density at radius 3 is 2.04 bits per heavy atom. The standard InChI is InChI=1S/C24H31NO3/c1-3-23(28-20(2)26)24(21-10-6-4-7-11-21,22-12-8-5-9-13-22)14-15-25-16-18-27-19-17-25/h4-13,23H,3,14-19H2,1-2H3. The van der Waals surface area contributed by atoms with Gasteiger partial charge in [-0.05, 0) is 30.5 Å². The molecule has 1 saturated heterocycles. The number of hydrogen-bond acceptors (Lipinski definition) is 4. The Labute approximate surface area is 168 Å². The van der Waals surface area contributed by atoms with Crippen molar-refractivity contribution in [3.8, 4) is 0 Å². The van der Waals surface area contributed by atoms with Crippen LogP contribution >= 0.6 is 0 Å². The van der Waals surface area contributed by atoms with Crippen LogP contribution in [0.1, 0.15) is 37.8 Å². The molecule has 1 fully saturated rings. The molecule has 28 heavy (non-hydrogen) atoms. The molecule has 1 unspecified atom stereocenters. The Morgan fingerprint density at radius 1 is 1.04 bits per heavy atom. The minimum Gasteiger partial charge on any atom is -0.461 e. The molecule has 2 aromatic carbocycles. The summed E-state index contributed by atoms with van der Waals surface area (Å²) in [5.41, 5.74) is 2.01. The highest BCUT2D eigenvalue weighted by molar-refractivity contribution is 5.66. The summed E-state index contributed by atoms with van der Waals surface area (Å²) in [4.78, 5) is 14.4. The van der Waals surface area contributed by atoms with Crippen molar-refractivity contribution < 1.29 is 14.3 Å². The van der Waals surface area contributed by atoms with Gasteiger partial charge in [0.05, 0.1) is 18.6 Å². The van der Waals surface area contributed by atoms with E-state index >= 15 is 0 Å². The van der Waals surface area contributed by atoms with Crippen LogP contribution in [0.2, 0.25) is 0 Å². The monoisotopic (exact) mass is 381 g/mol. The quantitative estimate of drug-likeness (QED) is 0.647. The summed E-state index contributed by atoms with van der Waals surface area (Å²) in [6, 6.07) is 21.0. The first-order valence-electron chi connectivity index (χ1n) is 10.2. The van der Waals surface area contributed by atoms with Gasteiger partial charge in [0.2, 0.25) is 0 Å². The van der Waals surface area contributed by atoms with Crippen molar-refractivity contribution >= 4 is 5.97 Å². The van der Waals surface area contributed by atoms with E-state index in [0.717, 1.165) is 45.7 Å². The molecule has 0 spiro atoms. The normalized spacial score (nSPS) is 16.5. The molecule has 0 radical (unpaired) electrons. The molecule has 0 aromatic heterocycles. The molecule has 1 aliphatic heterocycles. The van der Waals surface area contributed by atoms with E-state index in [9.17, 15) is 4.79 Å². The fourth-order valence-corrected chi connectivity index (χ4v) is 4.35. The molecule has 4 heteroatoms. The molecular formula is C24H31NO3.